The van der Waals surface area contributed by atoms with Gasteiger partial charge in [0.25, 0.3) is 0 Å². The van der Waals surface area contributed by atoms with E-state index in [9.17, 15) is 4.79 Å². The molecule has 110 valence electrons. The Morgan fingerprint density at radius 3 is 2.45 bits per heavy atom. The number of hydrogen-bond acceptors (Lipinski definition) is 2. The first kappa shape index (κ1) is 16.6. The molecule has 2 nitrogen and oxygen atoms in total. The molecule has 0 bridgehead atoms. The van der Waals surface area contributed by atoms with Crippen molar-refractivity contribution < 1.29 is 9.53 Å². The highest BCUT2D eigenvalue weighted by atomic mass is 16.5. The van der Waals surface area contributed by atoms with Gasteiger partial charge in [-0.25, -0.2) is 0 Å². The van der Waals surface area contributed by atoms with Crippen LogP contribution in [0.2, 0.25) is 0 Å². The molecule has 0 aromatic heterocycles. The van der Waals surface area contributed by atoms with Gasteiger partial charge in [0.15, 0.2) is 0 Å². The largest absolute Gasteiger partial charge is 0.372 e. The van der Waals surface area contributed by atoms with Crippen molar-refractivity contribution in [2.75, 3.05) is 0 Å². The van der Waals surface area contributed by atoms with Crippen LogP contribution in [-0.4, -0.2) is 11.9 Å². The number of carbonyl (C=O) groups excluding carboxylic acids is 1. The molecular formula is C18H26O2. The maximum atomic E-state index is 12.0. The van der Waals surface area contributed by atoms with E-state index >= 15 is 0 Å². The molecule has 3 atom stereocenters. The summed E-state index contributed by atoms with van der Waals surface area (Å²) in [7, 11) is 0. The maximum Gasteiger partial charge on any atom is 0.138 e. The molecule has 0 saturated carbocycles. The van der Waals surface area contributed by atoms with E-state index < -0.39 is 0 Å². The molecule has 0 unspecified atom stereocenters. The molecule has 1 rings (SSSR count). The van der Waals surface area contributed by atoms with Crippen molar-refractivity contribution in [3.8, 4) is 0 Å². The van der Waals surface area contributed by atoms with Gasteiger partial charge in [-0.1, -0.05) is 63.3 Å². The molecular weight excluding hydrogens is 248 g/mol. The lowest BCUT2D eigenvalue weighted by molar-refractivity contribution is -0.129. The predicted octanol–water partition coefficient (Wildman–Crippen LogP) is 4.40. The lowest BCUT2D eigenvalue weighted by Gasteiger charge is -2.27. The van der Waals surface area contributed by atoms with Gasteiger partial charge in [0, 0.05) is 18.3 Å². The first-order valence-electron chi connectivity index (χ1n) is 7.41. The van der Waals surface area contributed by atoms with E-state index in [2.05, 4.69) is 13.0 Å². The van der Waals surface area contributed by atoms with Crippen molar-refractivity contribution in [1.29, 1.82) is 0 Å². The summed E-state index contributed by atoms with van der Waals surface area (Å²) in [6.07, 6.45) is 4.62. The van der Waals surface area contributed by atoms with E-state index in [1.54, 1.807) is 0 Å². The van der Waals surface area contributed by atoms with Crippen molar-refractivity contribution in [1.82, 2.24) is 0 Å². The highest BCUT2D eigenvalue weighted by Crippen LogP contribution is 2.22. The van der Waals surface area contributed by atoms with Gasteiger partial charge in [-0.3, -0.25) is 4.79 Å². The Balaban J connectivity index is 2.74. The Morgan fingerprint density at radius 2 is 1.90 bits per heavy atom. The third kappa shape index (κ3) is 4.93. The van der Waals surface area contributed by atoms with E-state index in [0.29, 0.717) is 13.0 Å². The fourth-order valence-electron chi connectivity index (χ4n) is 2.44. The van der Waals surface area contributed by atoms with Gasteiger partial charge < -0.3 is 4.74 Å². The van der Waals surface area contributed by atoms with Gasteiger partial charge in [-0.05, 0) is 12.5 Å². The molecule has 0 aliphatic carbocycles. The summed E-state index contributed by atoms with van der Waals surface area (Å²) in [6.45, 7) is 8.54. The Bertz CT molecular complexity index is 422. The molecule has 1 aromatic carbocycles. The van der Waals surface area contributed by atoms with E-state index in [1.807, 2.05) is 57.2 Å². The highest BCUT2D eigenvalue weighted by Gasteiger charge is 2.27. The van der Waals surface area contributed by atoms with Crippen LogP contribution >= 0.6 is 0 Å². The number of Topliss-reactive ketones (excluding diaryl/α,β-unsaturated/α-hetero) is 1. The standard InChI is InChI=1S/C18H26O2/c1-5-10-14(3)18(15(4)17(19)6-2)20-13-16-11-8-7-9-12-16/h5,7-12,14-15,18H,6,13H2,1-4H3/b10-5+/t14-,15+,18-/m0/s1. The number of rotatable bonds is 8. The zero-order chi connectivity index (χ0) is 15.0. The predicted molar refractivity (Wildman–Crippen MR) is 83.5 cm³/mol. The molecule has 0 spiro atoms. The van der Waals surface area contributed by atoms with Crippen LogP contribution in [0.5, 0.6) is 0 Å². The molecule has 0 amide bonds. The van der Waals surface area contributed by atoms with Gasteiger partial charge in [0.1, 0.15) is 5.78 Å². The summed E-state index contributed by atoms with van der Waals surface area (Å²) in [5.41, 5.74) is 1.14. The van der Waals surface area contributed by atoms with Crippen LogP contribution < -0.4 is 0 Å². The van der Waals surface area contributed by atoms with Crippen LogP contribution in [0.3, 0.4) is 0 Å². The number of allylic oxidation sites excluding steroid dienone is 1. The normalized spacial score (nSPS) is 16.0. The van der Waals surface area contributed by atoms with Crippen molar-refractivity contribution >= 4 is 5.78 Å². The molecule has 0 saturated heterocycles. The summed E-state index contributed by atoms with van der Waals surface area (Å²) in [6, 6.07) is 10.1. The fraction of sp³-hybridized carbons (Fsp3) is 0.500. The van der Waals surface area contributed by atoms with Gasteiger partial charge in [-0.15, -0.1) is 0 Å². The van der Waals surface area contributed by atoms with Gasteiger partial charge in [-0.2, -0.15) is 0 Å². The third-order valence-corrected chi connectivity index (χ3v) is 3.65. The van der Waals surface area contributed by atoms with Gasteiger partial charge >= 0.3 is 0 Å². The Labute approximate surface area is 122 Å². The second-order valence-electron chi connectivity index (χ2n) is 5.25. The number of ether oxygens (including phenoxy) is 1. The molecule has 20 heavy (non-hydrogen) atoms. The van der Waals surface area contributed by atoms with Crippen molar-refractivity contribution in [3.63, 3.8) is 0 Å². The van der Waals surface area contributed by atoms with Crippen molar-refractivity contribution in [2.24, 2.45) is 11.8 Å². The molecule has 0 radical (unpaired) electrons. The number of carbonyl (C=O) groups is 1. The number of benzene rings is 1. The van der Waals surface area contributed by atoms with Crippen molar-refractivity contribution in [3.05, 3.63) is 48.0 Å². The Kier molecular flexibility index (Phi) is 7.24. The Hall–Kier alpha value is -1.41. The van der Waals surface area contributed by atoms with Gasteiger partial charge in [0.2, 0.25) is 0 Å². The van der Waals surface area contributed by atoms with Crippen LogP contribution in [0.1, 0.15) is 39.7 Å². The topological polar surface area (TPSA) is 26.3 Å². The smallest absolute Gasteiger partial charge is 0.138 e. The maximum absolute atomic E-state index is 12.0. The average molecular weight is 274 g/mol. The molecule has 1 aromatic rings. The lowest BCUT2D eigenvalue weighted by Crippen LogP contribution is -2.33. The average Bonchev–Trinajstić information content (AvgIpc) is 2.47. The van der Waals surface area contributed by atoms with Crippen molar-refractivity contribution in [2.45, 2.75) is 46.8 Å². The Morgan fingerprint density at radius 1 is 1.25 bits per heavy atom. The highest BCUT2D eigenvalue weighted by molar-refractivity contribution is 5.80. The van der Waals surface area contributed by atoms with E-state index in [0.717, 1.165) is 5.56 Å². The summed E-state index contributed by atoms with van der Waals surface area (Å²) in [5.74, 6) is 0.420. The van der Waals surface area contributed by atoms with E-state index in [1.165, 1.54) is 0 Å². The lowest BCUT2D eigenvalue weighted by atomic mass is 9.89. The zero-order valence-corrected chi connectivity index (χ0v) is 13.0. The number of hydrogen-bond donors (Lipinski definition) is 0. The van der Waals surface area contributed by atoms with E-state index in [4.69, 9.17) is 4.74 Å². The van der Waals surface area contributed by atoms with Crippen LogP contribution in [0.15, 0.2) is 42.5 Å². The fourth-order valence-corrected chi connectivity index (χ4v) is 2.44. The summed E-state index contributed by atoms with van der Waals surface area (Å²) in [4.78, 5) is 12.0. The monoisotopic (exact) mass is 274 g/mol. The van der Waals surface area contributed by atoms with Crippen LogP contribution in [0.25, 0.3) is 0 Å². The summed E-state index contributed by atoms with van der Waals surface area (Å²) < 4.78 is 6.06. The quantitative estimate of drug-likeness (QED) is 0.657. The minimum atomic E-state index is -0.0742. The van der Waals surface area contributed by atoms with Crippen LogP contribution in [0.4, 0.5) is 0 Å². The third-order valence-electron chi connectivity index (χ3n) is 3.65. The minimum Gasteiger partial charge on any atom is -0.372 e. The zero-order valence-electron chi connectivity index (χ0n) is 13.0. The second-order valence-corrected chi connectivity index (χ2v) is 5.25. The molecule has 0 aliphatic heterocycles. The molecule has 0 N–H and O–H groups in total. The van der Waals surface area contributed by atoms with Gasteiger partial charge in [0.05, 0.1) is 12.7 Å². The first-order chi connectivity index (χ1) is 9.60. The minimum absolute atomic E-state index is 0.0705. The SMILES string of the molecule is C/C=C/[C@H](C)[C@H](OCc1ccccc1)[C@H](C)C(=O)CC. The summed E-state index contributed by atoms with van der Waals surface area (Å²) in [5, 5.41) is 0. The summed E-state index contributed by atoms with van der Waals surface area (Å²) >= 11 is 0. The first-order valence-corrected chi connectivity index (χ1v) is 7.41. The molecule has 0 fully saturated rings. The molecule has 2 heteroatoms. The second kappa shape index (κ2) is 8.70. The molecule has 0 aliphatic rings. The van der Waals surface area contributed by atoms with Crippen LogP contribution in [-0.2, 0) is 16.1 Å². The number of ketones is 1. The van der Waals surface area contributed by atoms with Crippen LogP contribution in [0, 0.1) is 11.8 Å². The van der Waals surface area contributed by atoms with E-state index in [-0.39, 0.29) is 23.7 Å². The molecule has 0 heterocycles.